The molecule has 1 fully saturated rings. The molecule has 0 unspecified atom stereocenters. The first kappa shape index (κ1) is 13.4. The molecule has 1 saturated heterocycles. The summed E-state index contributed by atoms with van der Waals surface area (Å²) in [7, 11) is 0. The van der Waals surface area contributed by atoms with Crippen LogP contribution in [0.3, 0.4) is 0 Å². The third-order valence-corrected chi connectivity index (χ3v) is 3.95. The first-order valence-electron chi connectivity index (χ1n) is 7.06. The lowest BCUT2D eigenvalue weighted by molar-refractivity contribution is 0.577. The van der Waals surface area contributed by atoms with E-state index < -0.39 is 0 Å². The molecule has 0 spiro atoms. The van der Waals surface area contributed by atoms with E-state index in [-0.39, 0.29) is 0 Å². The normalized spacial score (nSPS) is 15.2. The van der Waals surface area contributed by atoms with Crippen molar-refractivity contribution in [2.75, 3.05) is 23.3 Å². The summed E-state index contributed by atoms with van der Waals surface area (Å²) < 4.78 is 0.874. The quantitative estimate of drug-likeness (QED) is 0.834. The molecule has 0 aliphatic carbocycles. The summed E-state index contributed by atoms with van der Waals surface area (Å²) >= 11 is 3.52. The number of rotatable bonds is 3. The maximum atomic E-state index is 4.50. The number of halogens is 1. The molecule has 3 nitrogen and oxygen atoms in total. The highest BCUT2D eigenvalue weighted by atomic mass is 79.9. The smallest absolute Gasteiger partial charge is 0.133 e. The van der Waals surface area contributed by atoms with Gasteiger partial charge in [-0.05, 0) is 53.4 Å². The van der Waals surface area contributed by atoms with Crippen LogP contribution in [0.25, 0.3) is 0 Å². The molecule has 1 aromatic carbocycles. The van der Waals surface area contributed by atoms with E-state index in [0.29, 0.717) is 0 Å². The Balaban J connectivity index is 1.82. The molecule has 0 saturated carbocycles. The molecule has 3 rings (SSSR count). The Kier molecular flexibility index (Phi) is 4.21. The molecular weight excluding hydrogens is 314 g/mol. The van der Waals surface area contributed by atoms with Crippen LogP contribution < -0.4 is 10.2 Å². The third-order valence-electron chi connectivity index (χ3n) is 3.55. The second kappa shape index (κ2) is 6.27. The summed E-state index contributed by atoms with van der Waals surface area (Å²) in [5, 5.41) is 3.36. The molecule has 1 aromatic heterocycles. The minimum atomic E-state index is 0.874. The van der Waals surface area contributed by atoms with Crippen LogP contribution >= 0.6 is 15.9 Å². The van der Waals surface area contributed by atoms with Gasteiger partial charge in [-0.3, -0.25) is 0 Å². The van der Waals surface area contributed by atoms with Crippen LogP contribution in [0, 0.1) is 0 Å². The maximum absolute atomic E-state index is 4.50. The lowest BCUT2D eigenvalue weighted by Gasteiger charge is -2.29. The van der Waals surface area contributed by atoms with Gasteiger partial charge in [0.25, 0.3) is 0 Å². The fraction of sp³-hybridized carbons (Fsp3) is 0.312. The molecule has 104 valence electrons. The van der Waals surface area contributed by atoms with Gasteiger partial charge < -0.3 is 10.2 Å². The maximum Gasteiger partial charge on any atom is 0.133 e. The van der Waals surface area contributed by atoms with Crippen molar-refractivity contribution in [1.29, 1.82) is 0 Å². The first-order valence-corrected chi connectivity index (χ1v) is 7.85. The highest BCUT2D eigenvalue weighted by molar-refractivity contribution is 9.10. The van der Waals surface area contributed by atoms with Crippen LogP contribution in [0.15, 0.2) is 47.1 Å². The number of nitrogens with one attached hydrogen (secondary N) is 1. The number of hydrogen-bond acceptors (Lipinski definition) is 3. The summed E-state index contributed by atoms with van der Waals surface area (Å²) in [6.07, 6.45) is 3.90. The molecule has 2 aromatic rings. The zero-order valence-corrected chi connectivity index (χ0v) is 12.9. The zero-order chi connectivity index (χ0) is 13.8. The minimum Gasteiger partial charge on any atom is -0.371 e. The van der Waals surface area contributed by atoms with Crippen LogP contribution in [-0.4, -0.2) is 18.1 Å². The van der Waals surface area contributed by atoms with Crippen molar-refractivity contribution in [2.45, 2.75) is 19.3 Å². The van der Waals surface area contributed by atoms with Gasteiger partial charge in [0.2, 0.25) is 0 Å². The Hall–Kier alpha value is -1.55. The number of aromatic nitrogens is 1. The number of para-hydroxylation sites is 1. The standard InChI is InChI=1S/C16H18BrN3/c17-15-11-14(20-9-5-2-6-10-20)12-16(19-15)18-13-7-3-1-4-8-13/h1,3-4,7-8,11-12H,2,5-6,9-10H2,(H,18,19). The molecule has 4 heteroatoms. The number of nitrogens with zero attached hydrogens (tertiary/aromatic N) is 2. The van der Waals surface area contributed by atoms with Crippen LogP contribution in [0.1, 0.15) is 19.3 Å². The Labute approximate surface area is 128 Å². The van der Waals surface area contributed by atoms with Crippen LogP contribution in [0.2, 0.25) is 0 Å². The summed E-state index contributed by atoms with van der Waals surface area (Å²) in [5.74, 6) is 0.881. The molecule has 0 atom stereocenters. The predicted octanol–water partition coefficient (Wildman–Crippen LogP) is 4.58. The summed E-state index contributed by atoms with van der Waals surface area (Å²) in [5.41, 5.74) is 2.30. The second-order valence-corrected chi connectivity index (χ2v) is 5.88. The van der Waals surface area contributed by atoms with Crippen molar-refractivity contribution < 1.29 is 0 Å². The second-order valence-electron chi connectivity index (χ2n) is 5.07. The van der Waals surface area contributed by atoms with Gasteiger partial charge in [0, 0.05) is 30.5 Å². The van der Waals surface area contributed by atoms with Crippen LogP contribution in [0.5, 0.6) is 0 Å². The van der Waals surface area contributed by atoms with Crippen molar-refractivity contribution in [1.82, 2.24) is 4.98 Å². The Morgan fingerprint density at radius 1 is 1.00 bits per heavy atom. The highest BCUT2D eigenvalue weighted by Crippen LogP contribution is 2.26. The van der Waals surface area contributed by atoms with E-state index in [1.807, 2.05) is 30.3 Å². The lowest BCUT2D eigenvalue weighted by Crippen LogP contribution is -2.29. The monoisotopic (exact) mass is 331 g/mol. The largest absolute Gasteiger partial charge is 0.371 e. The SMILES string of the molecule is Brc1cc(N2CCCCC2)cc(Nc2ccccc2)n1. The van der Waals surface area contributed by atoms with Gasteiger partial charge in [-0.2, -0.15) is 0 Å². The van der Waals surface area contributed by atoms with Gasteiger partial charge in [0.1, 0.15) is 10.4 Å². The van der Waals surface area contributed by atoms with Crippen molar-refractivity contribution in [3.05, 3.63) is 47.1 Å². The number of hydrogen-bond donors (Lipinski definition) is 1. The van der Waals surface area contributed by atoms with Gasteiger partial charge in [-0.15, -0.1) is 0 Å². The van der Waals surface area contributed by atoms with Crippen molar-refractivity contribution in [3.8, 4) is 0 Å². The van der Waals surface area contributed by atoms with Gasteiger partial charge in [-0.1, -0.05) is 18.2 Å². The summed E-state index contributed by atoms with van der Waals surface area (Å²) in [6.45, 7) is 2.28. The molecule has 1 aliphatic heterocycles. The van der Waals surface area contributed by atoms with E-state index >= 15 is 0 Å². The molecule has 1 N–H and O–H groups in total. The fourth-order valence-corrected chi connectivity index (χ4v) is 2.98. The van der Waals surface area contributed by atoms with Gasteiger partial charge in [-0.25, -0.2) is 4.98 Å². The highest BCUT2D eigenvalue weighted by Gasteiger charge is 2.12. The Bertz CT molecular complexity index is 565. The molecule has 2 heterocycles. The van der Waals surface area contributed by atoms with Crippen molar-refractivity contribution >= 4 is 33.1 Å². The molecule has 0 bridgehead atoms. The lowest BCUT2D eigenvalue weighted by atomic mass is 10.1. The number of benzene rings is 1. The summed E-state index contributed by atoms with van der Waals surface area (Å²) in [6, 6.07) is 14.4. The zero-order valence-electron chi connectivity index (χ0n) is 11.3. The molecule has 0 amide bonds. The minimum absolute atomic E-state index is 0.874. The first-order chi connectivity index (χ1) is 9.81. The van der Waals surface area contributed by atoms with E-state index in [4.69, 9.17) is 0 Å². The molecule has 20 heavy (non-hydrogen) atoms. The van der Waals surface area contributed by atoms with Crippen molar-refractivity contribution in [3.63, 3.8) is 0 Å². The number of pyridine rings is 1. The average molecular weight is 332 g/mol. The van der Waals surface area contributed by atoms with E-state index in [2.05, 4.69) is 43.3 Å². The van der Waals surface area contributed by atoms with Crippen LogP contribution in [-0.2, 0) is 0 Å². The topological polar surface area (TPSA) is 28.2 Å². The third kappa shape index (κ3) is 3.31. The van der Waals surface area contributed by atoms with Crippen LogP contribution in [0.4, 0.5) is 17.2 Å². The number of piperidine rings is 1. The van der Waals surface area contributed by atoms with E-state index in [1.54, 1.807) is 0 Å². The Morgan fingerprint density at radius 2 is 1.75 bits per heavy atom. The van der Waals surface area contributed by atoms with E-state index in [1.165, 1.54) is 24.9 Å². The van der Waals surface area contributed by atoms with E-state index in [9.17, 15) is 0 Å². The van der Waals surface area contributed by atoms with E-state index in [0.717, 1.165) is 29.2 Å². The number of anilines is 3. The van der Waals surface area contributed by atoms with Gasteiger partial charge >= 0.3 is 0 Å². The molecule has 0 radical (unpaired) electrons. The average Bonchev–Trinajstić information content (AvgIpc) is 2.49. The Morgan fingerprint density at radius 3 is 2.50 bits per heavy atom. The summed E-state index contributed by atoms with van der Waals surface area (Å²) in [4.78, 5) is 6.94. The van der Waals surface area contributed by atoms with Crippen molar-refractivity contribution in [2.24, 2.45) is 0 Å². The van der Waals surface area contributed by atoms with Gasteiger partial charge in [0.15, 0.2) is 0 Å². The predicted molar refractivity (Wildman–Crippen MR) is 87.7 cm³/mol. The molecule has 1 aliphatic rings. The van der Waals surface area contributed by atoms with Gasteiger partial charge in [0.05, 0.1) is 0 Å². The fourth-order valence-electron chi connectivity index (χ4n) is 2.55. The molecular formula is C16H18BrN3.